The average Bonchev–Trinajstić information content (AvgIpc) is 2.04. The van der Waals surface area contributed by atoms with E-state index in [9.17, 15) is 9.90 Å². The molecule has 0 radical (unpaired) electrons. The monoisotopic (exact) mass is 139 g/mol. The number of aliphatic hydroxyl groups is 1. The quantitative estimate of drug-likeness (QED) is 0.513. The lowest BCUT2D eigenvalue weighted by Gasteiger charge is -2.37. The highest BCUT2D eigenvalue weighted by molar-refractivity contribution is 5.92. The Balaban J connectivity index is 2.27. The first kappa shape index (κ1) is 5.77. The van der Waals surface area contributed by atoms with Crippen molar-refractivity contribution in [2.24, 2.45) is 0 Å². The van der Waals surface area contributed by atoms with Crippen LogP contribution in [0.3, 0.4) is 0 Å². The molecule has 1 aliphatic heterocycles. The summed E-state index contributed by atoms with van der Waals surface area (Å²) in [5.41, 5.74) is -0.336. The van der Waals surface area contributed by atoms with Crippen LogP contribution in [0.4, 0.5) is 0 Å². The van der Waals surface area contributed by atoms with Crippen molar-refractivity contribution in [1.29, 1.82) is 0 Å². The summed E-state index contributed by atoms with van der Waals surface area (Å²) in [4.78, 5) is 10.7. The molecule has 3 heteroatoms. The van der Waals surface area contributed by atoms with Crippen molar-refractivity contribution < 1.29 is 9.90 Å². The van der Waals surface area contributed by atoms with Crippen LogP contribution in [0, 0.1) is 0 Å². The molecule has 1 heterocycles. The zero-order valence-corrected chi connectivity index (χ0v) is 5.55. The van der Waals surface area contributed by atoms with Gasteiger partial charge in [0, 0.05) is 6.08 Å². The summed E-state index contributed by atoms with van der Waals surface area (Å²) in [6, 6.07) is 0. The maximum atomic E-state index is 10.7. The fourth-order valence-electron chi connectivity index (χ4n) is 1.51. The Kier molecular flexibility index (Phi) is 0.886. The average molecular weight is 139 g/mol. The van der Waals surface area contributed by atoms with E-state index in [1.165, 1.54) is 6.08 Å². The second kappa shape index (κ2) is 1.54. The topological polar surface area (TPSA) is 49.3 Å². The minimum absolute atomic E-state index is 0.155. The van der Waals surface area contributed by atoms with E-state index in [4.69, 9.17) is 0 Å². The third kappa shape index (κ3) is 0.523. The molecular weight excluding hydrogens is 130 g/mol. The first-order valence-corrected chi connectivity index (χ1v) is 3.46. The van der Waals surface area contributed by atoms with Crippen LogP contribution < -0.4 is 5.32 Å². The number of carbonyl (C=O) groups is 1. The van der Waals surface area contributed by atoms with Crippen LogP contribution in [-0.4, -0.2) is 16.6 Å². The summed E-state index contributed by atoms with van der Waals surface area (Å²) >= 11 is 0. The van der Waals surface area contributed by atoms with Crippen molar-refractivity contribution in [3.05, 3.63) is 11.8 Å². The molecule has 54 valence electrons. The maximum absolute atomic E-state index is 10.7. The molecule has 0 atom stereocenters. The first-order chi connectivity index (χ1) is 4.73. The summed E-state index contributed by atoms with van der Waals surface area (Å²) < 4.78 is 0. The number of nitrogens with one attached hydrogen (secondary N) is 1. The van der Waals surface area contributed by atoms with Gasteiger partial charge in [-0.1, -0.05) is 0 Å². The minimum atomic E-state index is -0.336. The van der Waals surface area contributed by atoms with Gasteiger partial charge in [0.05, 0.1) is 5.54 Å². The Morgan fingerprint density at radius 3 is 2.50 bits per heavy atom. The molecule has 1 saturated carbocycles. The SMILES string of the molecule is O=C1C=C(O)C2(CCC2)N1. The number of hydrogen-bond acceptors (Lipinski definition) is 2. The molecule has 10 heavy (non-hydrogen) atoms. The molecule has 0 aromatic carbocycles. The Hall–Kier alpha value is -0.990. The van der Waals surface area contributed by atoms with Crippen LogP contribution in [0.5, 0.6) is 0 Å². The van der Waals surface area contributed by atoms with E-state index in [-0.39, 0.29) is 17.2 Å². The van der Waals surface area contributed by atoms with E-state index < -0.39 is 0 Å². The predicted octanol–water partition coefficient (Wildman–Crippen LogP) is 0.481. The summed E-state index contributed by atoms with van der Waals surface area (Å²) in [7, 11) is 0. The third-order valence-corrected chi connectivity index (χ3v) is 2.33. The molecule has 1 spiro atoms. The van der Waals surface area contributed by atoms with Gasteiger partial charge < -0.3 is 10.4 Å². The van der Waals surface area contributed by atoms with Crippen molar-refractivity contribution in [3.8, 4) is 0 Å². The molecule has 2 rings (SSSR count). The second-order valence-corrected chi connectivity index (χ2v) is 2.95. The third-order valence-electron chi connectivity index (χ3n) is 2.33. The van der Waals surface area contributed by atoms with Crippen LogP contribution in [0.2, 0.25) is 0 Å². The molecule has 0 saturated heterocycles. The zero-order valence-electron chi connectivity index (χ0n) is 5.55. The van der Waals surface area contributed by atoms with Gasteiger partial charge in [-0.3, -0.25) is 4.79 Å². The van der Waals surface area contributed by atoms with Gasteiger partial charge >= 0.3 is 0 Å². The minimum Gasteiger partial charge on any atom is -0.510 e. The lowest BCUT2D eigenvalue weighted by molar-refractivity contribution is -0.117. The van der Waals surface area contributed by atoms with Crippen LogP contribution in [0.15, 0.2) is 11.8 Å². The first-order valence-electron chi connectivity index (χ1n) is 3.46. The molecule has 1 aliphatic carbocycles. The largest absolute Gasteiger partial charge is 0.510 e. The van der Waals surface area contributed by atoms with Crippen molar-refractivity contribution in [2.75, 3.05) is 0 Å². The molecular formula is C7H9NO2. The number of amides is 1. The number of carbonyl (C=O) groups excluding carboxylic acids is 1. The van der Waals surface area contributed by atoms with Crippen LogP contribution in [-0.2, 0) is 4.79 Å². The Morgan fingerprint density at radius 2 is 2.30 bits per heavy atom. The molecule has 3 nitrogen and oxygen atoms in total. The normalized spacial score (nSPS) is 27.6. The highest BCUT2D eigenvalue weighted by atomic mass is 16.3. The highest BCUT2D eigenvalue weighted by Gasteiger charge is 2.45. The van der Waals surface area contributed by atoms with Crippen molar-refractivity contribution in [1.82, 2.24) is 5.32 Å². The maximum Gasteiger partial charge on any atom is 0.248 e. The van der Waals surface area contributed by atoms with Crippen molar-refractivity contribution in [3.63, 3.8) is 0 Å². The summed E-state index contributed by atoms with van der Waals surface area (Å²) in [5.74, 6) is 0.0703. The van der Waals surface area contributed by atoms with Crippen molar-refractivity contribution >= 4 is 5.91 Å². The summed E-state index contributed by atoms with van der Waals surface area (Å²) in [6.45, 7) is 0. The molecule has 0 aromatic rings. The van der Waals surface area contributed by atoms with Gasteiger partial charge in [-0.05, 0) is 19.3 Å². The van der Waals surface area contributed by atoms with Gasteiger partial charge in [-0.25, -0.2) is 0 Å². The summed E-state index contributed by atoms with van der Waals surface area (Å²) in [5, 5.41) is 12.0. The van der Waals surface area contributed by atoms with Crippen LogP contribution >= 0.6 is 0 Å². The van der Waals surface area contributed by atoms with Gasteiger partial charge in [0.2, 0.25) is 5.91 Å². The predicted molar refractivity (Wildman–Crippen MR) is 35.4 cm³/mol. The Labute approximate surface area is 58.7 Å². The number of rotatable bonds is 0. The van der Waals surface area contributed by atoms with Crippen LogP contribution in [0.25, 0.3) is 0 Å². The van der Waals surface area contributed by atoms with E-state index in [1.807, 2.05) is 0 Å². The Morgan fingerprint density at radius 1 is 1.60 bits per heavy atom. The van der Waals surface area contributed by atoms with E-state index in [0.717, 1.165) is 19.3 Å². The molecule has 1 amide bonds. The summed E-state index contributed by atoms with van der Waals surface area (Å²) in [6.07, 6.45) is 4.15. The molecule has 0 aromatic heterocycles. The van der Waals surface area contributed by atoms with Gasteiger partial charge in [0.25, 0.3) is 0 Å². The van der Waals surface area contributed by atoms with Gasteiger partial charge in [-0.15, -0.1) is 0 Å². The number of aliphatic hydroxyl groups excluding tert-OH is 1. The van der Waals surface area contributed by atoms with E-state index >= 15 is 0 Å². The second-order valence-electron chi connectivity index (χ2n) is 2.95. The fourth-order valence-corrected chi connectivity index (χ4v) is 1.51. The molecule has 2 aliphatic rings. The van der Waals surface area contributed by atoms with Crippen molar-refractivity contribution in [2.45, 2.75) is 24.8 Å². The zero-order chi connectivity index (χ0) is 7.19. The van der Waals surface area contributed by atoms with E-state index in [0.29, 0.717) is 0 Å². The number of hydrogen-bond donors (Lipinski definition) is 2. The van der Waals surface area contributed by atoms with E-state index in [1.54, 1.807) is 0 Å². The molecule has 2 N–H and O–H groups in total. The molecule has 0 bridgehead atoms. The van der Waals surface area contributed by atoms with Gasteiger partial charge in [0.15, 0.2) is 0 Å². The smallest absolute Gasteiger partial charge is 0.248 e. The fraction of sp³-hybridized carbons (Fsp3) is 0.571. The lowest BCUT2D eigenvalue weighted by Crippen LogP contribution is -2.50. The van der Waals surface area contributed by atoms with Gasteiger partial charge in [-0.2, -0.15) is 0 Å². The Bertz CT molecular complexity index is 216. The molecule has 0 unspecified atom stereocenters. The lowest BCUT2D eigenvalue weighted by atomic mass is 9.76. The highest BCUT2D eigenvalue weighted by Crippen LogP contribution is 2.39. The molecule has 1 fully saturated rings. The van der Waals surface area contributed by atoms with Crippen LogP contribution in [0.1, 0.15) is 19.3 Å². The standard InChI is InChI=1S/C7H9NO2/c9-5-4-6(10)8-7(5)2-1-3-7/h4,9H,1-3H2,(H,8,10). The van der Waals surface area contributed by atoms with Gasteiger partial charge in [0.1, 0.15) is 5.76 Å². The van der Waals surface area contributed by atoms with E-state index in [2.05, 4.69) is 5.32 Å².